The zero-order valence-electron chi connectivity index (χ0n) is 20.7. The van der Waals surface area contributed by atoms with Crippen molar-refractivity contribution in [2.45, 2.75) is 109 Å². The molecule has 2 aliphatic heterocycles. The van der Waals surface area contributed by atoms with Gasteiger partial charge in [0.15, 0.2) is 0 Å². The minimum absolute atomic E-state index is 0.00155. The van der Waals surface area contributed by atoms with Crippen LogP contribution in [0.5, 0.6) is 0 Å². The Labute approximate surface area is 196 Å². The van der Waals surface area contributed by atoms with Crippen LogP contribution in [0.3, 0.4) is 0 Å². The van der Waals surface area contributed by atoms with Crippen molar-refractivity contribution in [3.8, 4) is 0 Å². The third-order valence-electron chi connectivity index (χ3n) is 7.87. The van der Waals surface area contributed by atoms with Crippen LogP contribution in [0.25, 0.3) is 0 Å². The SMILES string of the molecule is CC1CCC(C(C)C)C(OC(C)(C(=O)NC2C(=O)N3C2SC(C)(C)C3C(=O)O)C(C)C)C1. The van der Waals surface area contributed by atoms with Gasteiger partial charge in [0.1, 0.15) is 23.1 Å². The van der Waals surface area contributed by atoms with Crippen molar-refractivity contribution < 1.29 is 24.2 Å². The van der Waals surface area contributed by atoms with E-state index in [2.05, 4.69) is 26.1 Å². The highest BCUT2D eigenvalue weighted by molar-refractivity contribution is 8.01. The molecule has 2 heterocycles. The highest BCUT2D eigenvalue weighted by Gasteiger charge is 2.64. The fourth-order valence-corrected chi connectivity index (χ4v) is 7.07. The van der Waals surface area contributed by atoms with Gasteiger partial charge in [-0.1, -0.05) is 41.0 Å². The summed E-state index contributed by atoms with van der Waals surface area (Å²) < 4.78 is 6.01. The van der Waals surface area contributed by atoms with Gasteiger partial charge in [0.05, 0.1) is 6.10 Å². The van der Waals surface area contributed by atoms with E-state index in [4.69, 9.17) is 4.74 Å². The van der Waals surface area contributed by atoms with Crippen molar-refractivity contribution >= 4 is 29.5 Å². The molecule has 2 amide bonds. The first kappa shape index (κ1) is 25.3. The first-order chi connectivity index (χ1) is 14.7. The number of fused-ring (bicyclic) bond motifs is 1. The molecule has 2 saturated heterocycles. The summed E-state index contributed by atoms with van der Waals surface area (Å²) in [6.07, 6.45) is 3.21. The predicted molar refractivity (Wildman–Crippen MR) is 125 cm³/mol. The molecule has 0 radical (unpaired) electrons. The van der Waals surface area contributed by atoms with Crippen molar-refractivity contribution in [3.05, 3.63) is 0 Å². The Hall–Kier alpha value is -1.28. The standard InChI is InChI=1S/C24H40N2O5S/c1-12(2)15-10-9-14(5)11-16(15)31-24(8,13(3)4)22(30)25-17-19(27)26-18(21(28)29)23(6,7)32-20(17)26/h12-18,20H,9-11H2,1-8H3,(H,25,30)(H,28,29). The molecule has 0 aromatic carbocycles. The second-order valence-electron chi connectivity index (χ2n) is 11.3. The smallest absolute Gasteiger partial charge is 0.327 e. The Balaban J connectivity index is 1.76. The lowest BCUT2D eigenvalue weighted by molar-refractivity contribution is -0.179. The number of hydrogen-bond donors (Lipinski definition) is 2. The summed E-state index contributed by atoms with van der Waals surface area (Å²) in [4.78, 5) is 39.5. The quantitative estimate of drug-likeness (QED) is 0.555. The Bertz CT molecular complexity index is 769. The number of carboxylic acid groups (broad SMARTS) is 1. The number of carbonyl (C=O) groups is 3. The number of nitrogens with one attached hydrogen (secondary N) is 1. The number of hydrogen-bond acceptors (Lipinski definition) is 5. The van der Waals surface area contributed by atoms with Gasteiger partial charge in [0.2, 0.25) is 5.91 Å². The van der Waals surface area contributed by atoms with Crippen LogP contribution in [0.4, 0.5) is 0 Å². The molecular formula is C24H40N2O5S. The van der Waals surface area contributed by atoms with E-state index < -0.39 is 28.4 Å². The van der Waals surface area contributed by atoms with Crippen LogP contribution < -0.4 is 5.32 Å². The average Bonchev–Trinajstić information content (AvgIpc) is 2.93. The number of β-lactam (4-membered cyclic amide) rings is 1. The average molecular weight is 469 g/mol. The number of nitrogens with zero attached hydrogens (tertiary/aromatic N) is 1. The molecule has 182 valence electrons. The molecule has 1 saturated carbocycles. The second kappa shape index (κ2) is 8.82. The molecule has 3 aliphatic rings. The molecule has 8 heteroatoms. The lowest BCUT2D eigenvalue weighted by Crippen LogP contribution is -2.72. The van der Waals surface area contributed by atoms with Gasteiger partial charge >= 0.3 is 5.97 Å². The van der Waals surface area contributed by atoms with Crippen LogP contribution in [-0.4, -0.2) is 61.7 Å². The van der Waals surface area contributed by atoms with E-state index in [1.165, 1.54) is 23.1 Å². The van der Waals surface area contributed by atoms with Crippen molar-refractivity contribution in [3.63, 3.8) is 0 Å². The maximum absolute atomic E-state index is 13.5. The van der Waals surface area contributed by atoms with E-state index in [0.717, 1.165) is 12.8 Å². The van der Waals surface area contributed by atoms with Gasteiger partial charge < -0.3 is 20.1 Å². The highest BCUT2D eigenvalue weighted by atomic mass is 32.2. The topological polar surface area (TPSA) is 95.9 Å². The normalized spacial score (nSPS) is 35.9. The fourth-order valence-electron chi connectivity index (χ4n) is 5.45. The van der Waals surface area contributed by atoms with Crippen molar-refractivity contribution in [2.75, 3.05) is 0 Å². The molecule has 1 aliphatic carbocycles. The Morgan fingerprint density at radius 3 is 2.41 bits per heavy atom. The molecule has 2 N–H and O–H groups in total. The number of amides is 2. The maximum Gasteiger partial charge on any atom is 0.327 e. The minimum Gasteiger partial charge on any atom is -0.480 e. The van der Waals surface area contributed by atoms with Crippen LogP contribution in [0.2, 0.25) is 0 Å². The lowest BCUT2D eigenvalue weighted by Gasteiger charge is -2.47. The van der Waals surface area contributed by atoms with E-state index in [9.17, 15) is 19.5 Å². The Morgan fingerprint density at radius 1 is 1.25 bits per heavy atom. The summed E-state index contributed by atoms with van der Waals surface area (Å²) in [6.45, 7) is 16.1. The third kappa shape index (κ3) is 4.29. The molecule has 0 aromatic heterocycles. The number of rotatable bonds is 7. The maximum atomic E-state index is 13.5. The number of carbonyl (C=O) groups excluding carboxylic acids is 2. The molecule has 32 heavy (non-hydrogen) atoms. The van der Waals surface area contributed by atoms with E-state index >= 15 is 0 Å². The molecule has 7 nitrogen and oxygen atoms in total. The number of thioether (sulfide) groups is 1. The van der Waals surface area contributed by atoms with Crippen LogP contribution in [0.15, 0.2) is 0 Å². The van der Waals surface area contributed by atoms with Gasteiger partial charge in [-0.25, -0.2) is 4.79 Å². The monoisotopic (exact) mass is 468 g/mol. The van der Waals surface area contributed by atoms with E-state index in [1.807, 2.05) is 34.6 Å². The summed E-state index contributed by atoms with van der Waals surface area (Å²) in [5.41, 5.74) is -1.07. The summed E-state index contributed by atoms with van der Waals surface area (Å²) in [5, 5.41) is 12.2. The molecule has 3 fully saturated rings. The number of carboxylic acids is 1. The minimum atomic E-state index is -1.07. The van der Waals surface area contributed by atoms with E-state index in [-0.39, 0.29) is 29.2 Å². The van der Waals surface area contributed by atoms with Gasteiger partial charge in [0, 0.05) is 4.75 Å². The second-order valence-corrected chi connectivity index (χ2v) is 13.1. The molecule has 7 atom stereocenters. The van der Waals surface area contributed by atoms with Crippen LogP contribution >= 0.6 is 11.8 Å². The summed E-state index contributed by atoms with van der Waals surface area (Å²) in [5.74, 6) is -0.280. The highest BCUT2D eigenvalue weighted by Crippen LogP contribution is 2.51. The van der Waals surface area contributed by atoms with Crippen molar-refractivity contribution in [1.82, 2.24) is 10.2 Å². The Morgan fingerprint density at radius 2 is 1.88 bits per heavy atom. The third-order valence-corrected chi connectivity index (χ3v) is 9.44. The predicted octanol–water partition coefficient (Wildman–Crippen LogP) is 3.51. The van der Waals surface area contributed by atoms with Crippen LogP contribution in [0.1, 0.15) is 74.7 Å². The molecule has 0 spiro atoms. The van der Waals surface area contributed by atoms with Crippen molar-refractivity contribution in [1.29, 1.82) is 0 Å². The zero-order chi connectivity index (χ0) is 24.2. The van der Waals surface area contributed by atoms with Gasteiger partial charge in [-0.15, -0.1) is 11.8 Å². The van der Waals surface area contributed by atoms with Gasteiger partial charge in [-0.2, -0.15) is 0 Å². The summed E-state index contributed by atoms with van der Waals surface area (Å²) in [6, 6.07) is -1.61. The lowest BCUT2D eigenvalue weighted by atomic mass is 9.75. The van der Waals surface area contributed by atoms with Gasteiger partial charge in [-0.3, -0.25) is 9.59 Å². The molecule has 7 unspecified atom stereocenters. The van der Waals surface area contributed by atoms with Crippen molar-refractivity contribution in [2.24, 2.45) is 23.7 Å². The first-order valence-corrected chi connectivity index (χ1v) is 12.8. The zero-order valence-corrected chi connectivity index (χ0v) is 21.5. The molecule has 0 bridgehead atoms. The van der Waals surface area contributed by atoms with E-state index in [1.54, 1.807) is 0 Å². The molecule has 0 aromatic rings. The Kier molecular flexibility index (Phi) is 6.99. The van der Waals surface area contributed by atoms with E-state index in [0.29, 0.717) is 17.8 Å². The van der Waals surface area contributed by atoms with Crippen LogP contribution in [0, 0.1) is 23.7 Å². The van der Waals surface area contributed by atoms with Crippen LogP contribution in [-0.2, 0) is 19.1 Å². The fraction of sp³-hybridized carbons (Fsp3) is 0.875. The number of ether oxygens (including phenoxy) is 1. The first-order valence-electron chi connectivity index (χ1n) is 11.9. The largest absolute Gasteiger partial charge is 0.480 e. The summed E-state index contributed by atoms with van der Waals surface area (Å²) in [7, 11) is 0. The van der Waals surface area contributed by atoms with Gasteiger partial charge in [-0.05, 0) is 57.3 Å². The molecular weight excluding hydrogens is 428 g/mol. The molecule has 3 rings (SSSR count). The number of aliphatic carboxylic acids is 1. The van der Waals surface area contributed by atoms with Gasteiger partial charge in [0.25, 0.3) is 5.91 Å². The summed E-state index contributed by atoms with van der Waals surface area (Å²) >= 11 is 1.44.